The van der Waals surface area contributed by atoms with Crippen LogP contribution in [0.25, 0.3) is 0 Å². The summed E-state index contributed by atoms with van der Waals surface area (Å²) in [6.45, 7) is 6.32. The Labute approximate surface area is 126 Å². The zero-order valence-corrected chi connectivity index (χ0v) is 13.4. The van der Waals surface area contributed by atoms with Crippen molar-refractivity contribution >= 4 is 10.0 Å². The van der Waals surface area contributed by atoms with Crippen LogP contribution in [0.15, 0.2) is 41.4 Å². The largest absolute Gasteiger partial charge is 0.269 e. The minimum atomic E-state index is -3.57. The highest BCUT2D eigenvalue weighted by atomic mass is 32.2. The van der Waals surface area contributed by atoms with Crippen molar-refractivity contribution in [3.63, 3.8) is 0 Å². The molecule has 114 valence electrons. The van der Waals surface area contributed by atoms with Gasteiger partial charge in [-0.25, -0.2) is 13.1 Å². The van der Waals surface area contributed by atoms with Gasteiger partial charge in [0.1, 0.15) is 4.90 Å². The van der Waals surface area contributed by atoms with Crippen LogP contribution in [0.5, 0.6) is 0 Å². The molecule has 1 atom stereocenters. The van der Waals surface area contributed by atoms with Gasteiger partial charge in [-0.15, -0.1) is 0 Å². The van der Waals surface area contributed by atoms with Gasteiger partial charge >= 0.3 is 0 Å². The molecule has 0 unspecified atom stereocenters. The number of hydrogen-bond acceptors (Lipinski definition) is 3. The van der Waals surface area contributed by atoms with Crippen LogP contribution >= 0.6 is 0 Å². The van der Waals surface area contributed by atoms with Crippen LogP contribution in [-0.4, -0.2) is 18.2 Å². The maximum absolute atomic E-state index is 12.6. The first-order valence-corrected chi connectivity index (χ1v) is 8.57. The van der Waals surface area contributed by atoms with Crippen molar-refractivity contribution in [3.05, 3.63) is 47.8 Å². The maximum atomic E-state index is 12.6. The smallest absolute Gasteiger partial charge is 0.244 e. The van der Waals surface area contributed by atoms with Crippen LogP contribution < -0.4 is 4.72 Å². The number of hydrogen-bond donors (Lipinski definition) is 1. The van der Waals surface area contributed by atoms with E-state index in [1.807, 2.05) is 44.2 Å². The van der Waals surface area contributed by atoms with E-state index in [9.17, 15) is 8.42 Å². The standard InChI is InChI=1S/C15H21N3O2S/c1-4-14(13-9-7-6-8-10-13)17-21(19,20)15-11-16-18(5-2)12(15)3/h6-11,14,17H,4-5H2,1-3H3/t14-/m1/s1. The summed E-state index contributed by atoms with van der Waals surface area (Å²) in [7, 11) is -3.57. The molecule has 5 nitrogen and oxygen atoms in total. The molecule has 0 saturated heterocycles. The molecule has 0 saturated carbocycles. The van der Waals surface area contributed by atoms with Crippen molar-refractivity contribution in [3.8, 4) is 0 Å². The van der Waals surface area contributed by atoms with Gasteiger partial charge in [-0.05, 0) is 25.8 Å². The molecule has 0 bridgehead atoms. The summed E-state index contributed by atoms with van der Waals surface area (Å²) in [5, 5.41) is 4.10. The first kappa shape index (κ1) is 15.7. The second-order valence-corrected chi connectivity index (χ2v) is 6.59. The third-order valence-corrected chi connectivity index (χ3v) is 5.13. The van der Waals surface area contributed by atoms with E-state index >= 15 is 0 Å². The summed E-state index contributed by atoms with van der Waals surface area (Å²) in [6, 6.07) is 9.36. The quantitative estimate of drug-likeness (QED) is 0.892. The molecule has 0 amide bonds. The van der Waals surface area contributed by atoms with Crippen molar-refractivity contribution in [1.29, 1.82) is 0 Å². The summed E-state index contributed by atoms with van der Waals surface area (Å²) >= 11 is 0. The lowest BCUT2D eigenvalue weighted by Crippen LogP contribution is -2.28. The topological polar surface area (TPSA) is 64.0 Å². The van der Waals surface area contributed by atoms with Gasteiger partial charge in [0.15, 0.2) is 0 Å². The molecule has 0 radical (unpaired) electrons. The lowest BCUT2D eigenvalue weighted by Gasteiger charge is -2.17. The van der Waals surface area contributed by atoms with E-state index in [1.165, 1.54) is 6.20 Å². The summed E-state index contributed by atoms with van der Waals surface area (Å²) in [6.07, 6.45) is 2.10. The summed E-state index contributed by atoms with van der Waals surface area (Å²) in [5.41, 5.74) is 1.62. The van der Waals surface area contributed by atoms with Crippen LogP contribution in [0.3, 0.4) is 0 Å². The highest BCUT2D eigenvalue weighted by Crippen LogP contribution is 2.21. The van der Waals surface area contributed by atoms with Gasteiger partial charge in [0.05, 0.1) is 11.9 Å². The number of nitrogens with zero attached hydrogens (tertiary/aromatic N) is 2. The predicted molar refractivity (Wildman–Crippen MR) is 82.4 cm³/mol. The van der Waals surface area contributed by atoms with E-state index in [4.69, 9.17) is 0 Å². The molecule has 2 rings (SSSR count). The van der Waals surface area contributed by atoms with E-state index in [-0.39, 0.29) is 10.9 Å². The minimum Gasteiger partial charge on any atom is -0.269 e. The number of aromatic nitrogens is 2. The fourth-order valence-electron chi connectivity index (χ4n) is 2.34. The SMILES string of the molecule is CC[C@@H](NS(=O)(=O)c1cnn(CC)c1C)c1ccccc1. The zero-order valence-electron chi connectivity index (χ0n) is 12.6. The Kier molecular flexibility index (Phi) is 4.80. The molecule has 1 N–H and O–H groups in total. The Balaban J connectivity index is 2.29. The second kappa shape index (κ2) is 6.41. The molecule has 0 spiro atoms. The van der Waals surface area contributed by atoms with Crippen LogP contribution in [0.4, 0.5) is 0 Å². The van der Waals surface area contributed by atoms with E-state index < -0.39 is 10.0 Å². The Morgan fingerprint density at radius 1 is 1.24 bits per heavy atom. The van der Waals surface area contributed by atoms with Gasteiger partial charge in [-0.2, -0.15) is 5.10 Å². The summed E-state index contributed by atoms with van der Waals surface area (Å²) < 4.78 is 29.6. The Bertz CT molecular complexity index is 693. The Morgan fingerprint density at radius 3 is 2.43 bits per heavy atom. The lowest BCUT2D eigenvalue weighted by molar-refractivity contribution is 0.548. The van der Waals surface area contributed by atoms with Crippen LogP contribution in [-0.2, 0) is 16.6 Å². The van der Waals surface area contributed by atoms with Gasteiger partial charge in [-0.3, -0.25) is 4.68 Å². The van der Waals surface area contributed by atoms with Crippen LogP contribution in [0.1, 0.15) is 37.6 Å². The number of nitrogens with one attached hydrogen (secondary N) is 1. The zero-order chi connectivity index (χ0) is 15.5. The van der Waals surface area contributed by atoms with Crippen molar-refractivity contribution in [2.24, 2.45) is 0 Å². The van der Waals surface area contributed by atoms with E-state index in [2.05, 4.69) is 9.82 Å². The number of benzene rings is 1. The normalized spacial score (nSPS) is 13.3. The molecule has 6 heteroatoms. The fraction of sp³-hybridized carbons (Fsp3) is 0.400. The third kappa shape index (κ3) is 3.33. The molecular weight excluding hydrogens is 286 g/mol. The summed E-state index contributed by atoms with van der Waals surface area (Å²) in [5.74, 6) is 0. The van der Waals surface area contributed by atoms with E-state index in [0.717, 1.165) is 5.56 Å². The van der Waals surface area contributed by atoms with Gasteiger partial charge in [0, 0.05) is 12.6 Å². The molecule has 1 aromatic carbocycles. The molecule has 1 aromatic heterocycles. The number of aryl methyl sites for hydroxylation is 1. The van der Waals surface area contributed by atoms with Gasteiger partial charge in [-0.1, -0.05) is 37.3 Å². The number of sulfonamides is 1. The van der Waals surface area contributed by atoms with E-state index in [1.54, 1.807) is 11.6 Å². The predicted octanol–water partition coefficient (Wildman–Crippen LogP) is 2.64. The molecule has 1 heterocycles. The minimum absolute atomic E-state index is 0.236. The molecule has 0 aliphatic rings. The van der Waals surface area contributed by atoms with Crippen molar-refractivity contribution in [1.82, 2.24) is 14.5 Å². The van der Waals surface area contributed by atoms with Crippen molar-refractivity contribution in [2.75, 3.05) is 0 Å². The summed E-state index contributed by atoms with van der Waals surface area (Å²) in [4.78, 5) is 0.249. The highest BCUT2D eigenvalue weighted by molar-refractivity contribution is 7.89. The van der Waals surface area contributed by atoms with Gasteiger partial charge in [0.25, 0.3) is 0 Å². The Hall–Kier alpha value is -1.66. The van der Waals surface area contributed by atoms with Crippen molar-refractivity contribution < 1.29 is 8.42 Å². The van der Waals surface area contributed by atoms with Crippen LogP contribution in [0, 0.1) is 6.92 Å². The van der Waals surface area contributed by atoms with Crippen LogP contribution in [0.2, 0.25) is 0 Å². The first-order chi connectivity index (χ1) is 9.99. The Morgan fingerprint density at radius 2 is 1.90 bits per heavy atom. The molecule has 0 aliphatic heterocycles. The molecule has 2 aromatic rings. The third-order valence-electron chi connectivity index (χ3n) is 3.55. The van der Waals surface area contributed by atoms with Gasteiger partial charge < -0.3 is 0 Å². The number of rotatable bonds is 6. The second-order valence-electron chi connectivity index (χ2n) is 4.90. The van der Waals surface area contributed by atoms with Gasteiger partial charge in [0.2, 0.25) is 10.0 Å². The fourth-order valence-corrected chi connectivity index (χ4v) is 3.82. The average molecular weight is 307 g/mol. The molecule has 0 fully saturated rings. The first-order valence-electron chi connectivity index (χ1n) is 7.09. The lowest BCUT2D eigenvalue weighted by atomic mass is 10.1. The van der Waals surface area contributed by atoms with Crippen molar-refractivity contribution in [2.45, 2.75) is 44.7 Å². The molecule has 21 heavy (non-hydrogen) atoms. The monoisotopic (exact) mass is 307 g/mol. The molecule has 0 aliphatic carbocycles. The molecular formula is C15H21N3O2S. The van der Waals surface area contributed by atoms with E-state index in [0.29, 0.717) is 18.7 Å². The highest BCUT2D eigenvalue weighted by Gasteiger charge is 2.24. The average Bonchev–Trinajstić information content (AvgIpc) is 2.87. The maximum Gasteiger partial charge on any atom is 0.244 e.